The van der Waals surface area contributed by atoms with Gasteiger partial charge in [0, 0.05) is 37.8 Å². The summed E-state index contributed by atoms with van der Waals surface area (Å²) in [6.45, 7) is 4.95. The van der Waals surface area contributed by atoms with Crippen molar-refractivity contribution in [1.29, 1.82) is 0 Å². The third-order valence-electron chi connectivity index (χ3n) is 6.39. The molecule has 8 nitrogen and oxygen atoms in total. The molecule has 1 aliphatic carbocycles. The Morgan fingerprint density at radius 3 is 2.90 bits per heavy atom. The first kappa shape index (κ1) is 21.1. The predicted molar refractivity (Wildman–Crippen MR) is 112 cm³/mol. The standard InChI is InChI=1S/C22H33N5O3/c1-16-7-11-27(24-16)12-9-23-22(29)19-15-26(10-8-21(19)28)14-18-13-20(25-30-18)17-5-3-2-4-6-17/h7,11,13,17,19,21,28H,2-6,8-10,12,14-15H2,1H3,(H,23,29)/t19-,21+/m0/s1. The number of carbonyl (C=O) groups excluding carboxylic acids is 1. The van der Waals surface area contributed by atoms with Crippen molar-refractivity contribution in [1.82, 2.24) is 25.2 Å². The van der Waals surface area contributed by atoms with Gasteiger partial charge in [-0.2, -0.15) is 5.10 Å². The molecule has 2 aromatic rings. The molecule has 1 saturated carbocycles. The first-order valence-electron chi connectivity index (χ1n) is 11.2. The minimum Gasteiger partial charge on any atom is -0.392 e. The minimum absolute atomic E-state index is 0.100. The van der Waals surface area contributed by atoms with Gasteiger partial charge in [0.25, 0.3) is 0 Å². The normalized spacial score (nSPS) is 23.5. The molecule has 2 fully saturated rings. The topological polar surface area (TPSA) is 96.4 Å². The second-order valence-electron chi connectivity index (χ2n) is 8.76. The number of nitrogens with zero attached hydrogens (tertiary/aromatic N) is 4. The summed E-state index contributed by atoms with van der Waals surface area (Å²) in [5.41, 5.74) is 2.03. The largest absolute Gasteiger partial charge is 0.392 e. The molecular formula is C22H33N5O3. The van der Waals surface area contributed by atoms with E-state index in [-0.39, 0.29) is 5.91 Å². The molecule has 0 spiro atoms. The van der Waals surface area contributed by atoms with Crippen LogP contribution in [0.2, 0.25) is 0 Å². The number of aromatic nitrogens is 3. The summed E-state index contributed by atoms with van der Waals surface area (Å²) in [7, 11) is 0. The van der Waals surface area contributed by atoms with Crippen molar-refractivity contribution in [3.8, 4) is 0 Å². The van der Waals surface area contributed by atoms with Crippen LogP contribution in [-0.4, -0.2) is 56.6 Å². The fourth-order valence-corrected chi connectivity index (χ4v) is 4.64. The summed E-state index contributed by atoms with van der Waals surface area (Å²) >= 11 is 0. The van der Waals surface area contributed by atoms with Crippen LogP contribution in [0.15, 0.2) is 22.9 Å². The number of aliphatic hydroxyl groups is 1. The zero-order valence-electron chi connectivity index (χ0n) is 17.8. The second kappa shape index (κ2) is 9.75. The summed E-state index contributed by atoms with van der Waals surface area (Å²) in [6, 6.07) is 4.02. The fraction of sp³-hybridized carbons (Fsp3) is 0.682. The van der Waals surface area contributed by atoms with Gasteiger partial charge in [0.15, 0.2) is 5.76 Å². The molecule has 0 bridgehead atoms. The molecule has 0 unspecified atom stereocenters. The van der Waals surface area contributed by atoms with Crippen LogP contribution in [0.25, 0.3) is 0 Å². The Morgan fingerprint density at radius 1 is 1.30 bits per heavy atom. The van der Waals surface area contributed by atoms with Gasteiger partial charge >= 0.3 is 0 Å². The molecule has 1 amide bonds. The highest BCUT2D eigenvalue weighted by molar-refractivity contribution is 5.79. The van der Waals surface area contributed by atoms with Gasteiger partial charge in [-0.1, -0.05) is 24.4 Å². The average molecular weight is 416 g/mol. The summed E-state index contributed by atoms with van der Waals surface area (Å²) in [6.07, 6.45) is 8.13. The van der Waals surface area contributed by atoms with E-state index in [1.807, 2.05) is 23.9 Å². The molecule has 2 aromatic heterocycles. The fourth-order valence-electron chi connectivity index (χ4n) is 4.64. The Morgan fingerprint density at radius 2 is 2.13 bits per heavy atom. The Balaban J connectivity index is 1.27. The van der Waals surface area contributed by atoms with Crippen molar-refractivity contribution < 1.29 is 14.4 Å². The van der Waals surface area contributed by atoms with E-state index in [4.69, 9.17) is 4.52 Å². The summed E-state index contributed by atoms with van der Waals surface area (Å²) in [4.78, 5) is 14.8. The summed E-state index contributed by atoms with van der Waals surface area (Å²) < 4.78 is 7.41. The number of amides is 1. The number of nitrogens with one attached hydrogen (secondary N) is 1. The van der Waals surface area contributed by atoms with E-state index < -0.39 is 12.0 Å². The molecule has 164 valence electrons. The van der Waals surface area contributed by atoms with Crippen molar-refractivity contribution in [3.05, 3.63) is 35.5 Å². The molecule has 1 saturated heterocycles. The van der Waals surface area contributed by atoms with Crippen LogP contribution < -0.4 is 5.32 Å². The van der Waals surface area contributed by atoms with E-state index >= 15 is 0 Å². The lowest BCUT2D eigenvalue weighted by Crippen LogP contribution is -2.50. The van der Waals surface area contributed by atoms with Crippen LogP contribution in [0.3, 0.4) is 0 Å². The first-order valence-corrected chi connectivity index (χ1v) is 11.2. The molecule has 30 heavy (non-hydrogen) atoms. The van der Waals surface area contributed by atoms with Gasteiger partial charge in [0.2, 0.25) is 5.91 Å². The van der Waals surface area contributed by atoms with E-state index in [1.165, 1.54) is 32.1 Å². The highest BCUT2D eigenvalue weighted by Gasteiger charge is 2.33. The van der Waals surface area contributed by atoms with Crippen LogP contribution in [-0.2, 0) is 17.9 Å². The molecular weight excluding hydrogens is 382 g/mol. The van der Waals surface area contributed by atoms with Crippen LogP contribution in [0, 0.1) is 12.8 Å². The highest BCUT2D eigenvalue weighted by atomic mass is 16.5. The van der Waals surface area contributed by atoms with Gasteiger partial charge in [0.1, 0.15) is 0 Å². The number of likely N-dealkylation sites (tertiary alicyclic amines) is 1. The van der Waals surface area contributed by atoms with E-state index in [2.05, 4.69) is 26.5 Å². The number of piperidine rings is 1. The minimum atomic E-state index is -0.610. The Kier molecular flexibility index (Phi) is 6.84. The van der Waals surface area contributed by atoms with Gasteiger partial charge < -0.3 is 14.9 Å². The number of hydrogen-bond donors (Lipinski definition) is 2. The van der Waals surface area contributed by atoms with E-state index in [9.17, 15) is 9.90 Å². The SMILES string of the molecule is Cc1ccn(CCNC(=O)[C@H]2CN(Cc3cc(C4CCCCC4)no3)CC[C@H]2O)n1. The number of aliphatic hydroxyl groups excluding tert-OH is 1. The van der Waals surface area contributed by atoms with Crippen molar-refractivity contribution >= 4 is 5.91 Å². The Hall–Kier alpha value is -2.19. The van der Waals surface area contributed by atoms with Gasteiger partial charge in [-0.15, -0.1) is 0 Å². The molecule has 0 radical (unpaired) electrons. The number of aryl methyl sites for hydroxylation is 1. The molecule has 2 N–H and O–H groups in total. The van der Waals surface area contributed by atoms with Gasteiger partial charge in [-0.05, 0) is 32.3 Å². The smallest absolute Gasteiger partial charge is 0.227 e. The van der Waals surface area contributed by atoms with Crippen molar-refractivity contribution in [2.24, 2.45) is 5.92 Å². The maximum Gasteiger partial charge on any atom is 0.227 e. The van der Waals surface area contributed by atoms with Crippen LogP contribution in [0.4, 0.5) is 0 Å². The molecule has 4 rings (SSSR count). The first-order chi connectivity index (χ1) is 14.6. The molecule has 2 atom stereocenters. The van der Waals surface area contributed by atoms with Gasteiger partial charge in [0.05, 0.1) is 36.5 Å². The zero-order valence-corrected chi connectivity index (χ0v) is 17.8. The van der Waals surface area contributed by atoms with E-state index in [0.717, 1.165) is 23.7 Å². The van der Waals surface area contributed by atoms with Crippen molar-refractivity contribution in [2.45, 2.75) is 70.6 Å². The van der Waals surface area contributed by atoms with Crippen molar-refractivity contribution in [2.75, 3.05) is 19.6 Å². The van der Waals surface area contributed by atoms with E-state index in [1.54, 1.807) is 0 Å². The Bertz CT molecular complexity index is 826. The van der Waals surface area contributed by atoms with Crippen LogP contribution >= 0.6 is 0 Å². The number of carbonyl (C=O) groups is 1. The summed E-state index contributed by atoms with van der Waals surface area (Å²) in [5, 5.41) is 22.0. The molecule has 0 aromatic carbocycles. The monoisotopic (exact) mass is 415 g/mol. The van der Waals surface area contributed by atoms with Gasteiger partial charge in [-0.25, -0.2) is 0 Å². The van der Waals surface area contributed by atoms with Gasteiger partial charge in [-0.3, -0.25) is 14.4 Å². The zero-order chi connectivity index (χ0) is 20.9. The number of hydrogen-bond acceptors (Lipinski definition) is 6. The van der Waals surface area contributed by atoms with Crippen LogP contribution in [0.5, 0.6) is 0 Å². The third kappa shape index (κ3) is 5.29. The number of rotatable bonds is 7. The maximum atomic E-state index is 12.6. The average Bonchev–Trinajstić information content (AvgIpc) is 3.39. The third-order valence-corrected chi connectivity index (χ3v) is 6.39. The molecule has 2 aliphatic rings. The lowest BCUT2D eigenvalue weighted by molar-refractivity contribution is -0.131. The Labute approximate surface area is 177 Å². The van der Waals surface area contributed by atoms with Crippen LogP contribution in [0.1, 0.15) is 61.6 Å². The molecule has 3 heterocycles. The highest BCUT2D eigenvalue weighted by Crippen LogP contribution is 2.32. The molecule has 1 aliphatic heterocycles. The lowest BCUT2D eigenvalue weighted by atomic mass is 9.87. The second-order valence-corrected chi connectivity index (χ2v) is 8.76. The van der Waals surface area contributed by atoms with Crippen molar-refractivity contribution in [3.63, 3.8) is 0 Å². The predicted octanol–water partition coefficient (Wildman–Crippen LogP) is 2.23. The maximum absolute atomic E-state index is 12.6. The summed E-state index contributed by atoms with van der Waals surface area (Å²) in [5.74, 6) is 0.840. The van der Waals surface area contributed by atoms with E-state index in [0.29, 0.717) is 38.5 Å². The quantitative estimate of drug-likeness (QED) is 0.720. The molecule has 8 heteroatoms. The lowest BCUT2D eigenvalue weighted by Gasteiger charge is -2.34.